The molecule has 0 radical (unpaired) electrons. The van der Waals surface area contributed by atoms with Crippen molar-refractivity contribution in [2.45, 2.75) is 25.2 Å². The lowest BCUT2D eigenvalue weighted by Crippen LogP contribution is -2.45. The molecular formula is C23H25ClF3N7O4. The van der Waals surface area contributed by atoms with Crippen molar-refractivity contribution in [2.75, 3.05) is 30.3 Å². The summed E-state index contributed by atoms with van der Waals surface area (Å²) >= 11 is 6.02. The molecule has 0 spiro atoms. The van der Waals surface area contributed by atoms with Gasteiger partial charge in [0.2, 0.25) is 5.91 Å². The number of primary amides is 2. The summed E-state index contributed by atoms with van der Waals surface area (Å²) < 4.78 is 38.8. The number of rotatable bonds is 7. The second-order valence-corrected chi connectivity index (χ2v) is 8.99. The van der Waals surface area contributed by atoms with Gasteiger partial charge >= 0.3 is 18.2 Å². The molecule has 15 heteroatoms. The second-order valence-electron chi connectivity index (χ2n) is 8.56. The normalized spacial score (nSPS) is 15.6. The molecule has 38 heavy (non-hydrogen) atoms. The van der Waals surface area contributed by atoms with Crippen LogP contribution in [0, 0.1) is 0 Å². The van der Waals surface area contributed by atoms with Gasteiger partial charge in [0.05, 0.1) is 23.4 Å². The molecule has 11 nitrogen and oxygen atoms in total. The lowest BCUT2D eigenvalue weighted by atomic mass is 10.1. The van der Waals surface area contributed by atoms with Crippen molar-refractivity contribution >= 4 is 46.9 Å². The first kappa shape index (κ1) is 28.5. The monoisotopic (exact) mass is 555 g/mol. The Morgan fingerprint density at radius 2 is 1.76 bits per heavy atom. The maximum Gasteiger partial charge on any atom is 0.416 e. The molecule has 1 heterocycles. The predicted octanol–water partition coefficient (Wildman–Crippen LogP) is 2.03. The highest BCUT2D eigenvalue weighted by Crippen LogP contribution is 2.31. The van der Waals surface area contributed by atoms with E-state index in [1.807, 2.05) is 4.90 Å². The van der Waals surface area contributed by atoms with E-state index in [-0.39, 0.29) is 34.5 Å². The first-order valence-corrected chi connectivity index (χ1v) is 11.6. The molecule has 1 unspecified atom stereocenters. The van der Waals surface area contributed by atoms with Crippen LogP contribution in [0.5, 0.6) is 0 Å². The number of urea groups is 2. The van der Waals surface area contributed by atoms with E-state index in [0.29, 0.717) is 36.0 Å². The highest BCUT2D eigenvalue weighted by atomic mass is 35.5. The van der Waals surface area contributed by atoms with Crippen molar-refractivity contribution in [3.8, 4) is 0 Å². The van der Waals surface area contributed by atoms with Crippen LogP contribution in [0.3, 0.4) is 0 Å². The highest BCUT2D eigenvalue weighted by molar-refractivity contribution is 6.31. The largest absolute Gasteiger partial charge is 0.416 e. The van der Waals surface area contributed by atoms with E-state index in [0.717, 1.165) is 12.1 Å². The minimum Gasteiger partial charge on any atom is -0.398 e. The smallest absolute Gasteiger partial charge is 0.398 e. The van der Waals surface area contributed by atoms with Crippen molar-refractivity contribution in [3.05, 3.63) is 58.1 Å². The quantitative estimate of drug-likeness (QED) is 0.326. The fourth-order valence-corrected chi connectivity index (χ4v) is 4.19. The summed E-state index contributed by atoms with van der Waals surface area (Å²) in [6.45, 7) is 0.753. The molecule has 0 aromatic heterocycles. The summed E-state index contributed by atoms with van der Waals surface area (Å²) in [5.41, 5.74) is 15.3. The van der Waals surface area contributed by atoms with E-state index >= 15 is 0 Å². The molecule has 1 aliphatic rings. The number of amides is 6. The van der Waals surface area contributed by atoms with Crippen LogP contribution in [0.4, 0.5) is 34.1 Å². The van der Waals surface area contributed by atoms with E-state index in [2.05, 4.69) is 10.6 Å². The van der Waals surface area contributed by atoms with Gasteiger partial charge in [-0.15, -0.1) is 0 Å². The van der Waals surface area contributed by atoms with Gasteiger partial charge in [-0.3, -0.25) is 14.5 Å². The maximum atomic E-state index is 12.9. The number of carbonyl (C=O) groups is 4. The summed E-state index contributed by atoms with van der Waals surface area (Å²) in [6, 6.07) is 4.52. The van der Waals surface area contributed by atoms with E-state index in [1.54, 1.807) is 12.1 Å². The molecule has 0 aliphatic carbocycles. The molecule has 2 aromatic rings. The summed E-state index contributed by atoms with van der Waals surface area (Å²) in [5, 5.41) is 5.28. The van der Waals surface area contributed by atoms with Gasteiger partial charge < -0.3 is 27.8 Å². The first-order chi connectivity index (χ1) is 17.8. The number of carbonyl (C=O) groups excluding carboxylic acids is 4. The molecule has 1 atom stereocenters. The third kappa shape index (κ3) is 7.04. The number of anilines is 2. The van der Waals surface area contributed by atoms with Gasteiger partial charge in [0.15, 0.2) is 0 Å². The fourth-order valence-electron chi connectivity index (χ4n) is 4.02. The zero-order valence-corrected chi connectivity index (χ0v) is 20.6. The Balaban J connectivity index is 1.57. The Bertz CT molecular complexity index is 1240. The standard InChI is InChI=1S/C23H25ClF3N7O4/c24-14-3-1-12(18(8-14)34(21(29)37)22(30)38)10-33-6-5-15(11-33)32-19(35)9-31-20(36)16-7-13(23(25,26)27)2-4-17(16)28/h1-4,7-8,15H,5-6,9-11,28H2,(H2,29,37)(H2,30,38)(H,31,36)(H,32,35). The second kappa shape index (κ2) is 11.6. The SMILES string of the molecule is NC(=O)N(C(N)=O)c1cc(Cl)ccc1CN1CCC(NC(=O)CNC(=O)c2cc(C(F)(F)F)ccc2N)C1. The van der Waals surface area contributed by atoms with Crippen LogP contribution in [0.2, 0.25) is 5.02 Å². The Hall–Kier alpha value is -4.04. The topological polar surface area (TPSA) is 177 Å². The number of nitrogens with zero attached hydrogens (tertiary/aromatic N) is 2. The van der Waals surface area contributed by atoms with Crippen LogP contribution in [0.25, 0.3) is 0 Å². The summed E-state index contributed by atoms with van der Waals surface area (Å²) in [5.74, 6) is -1.46. The Kier molecular flexibility index (Phi) is 8.68. The fraction of sp³-hybridized carbons (Fsp3) is 0.304. The van der Waals surface area contributed by atoms with Gasteiger partial charge in [-0.1, -0.05) is 17.7 Å². The van der Waals surface area contributed by atoms with Gasteiger partial charge in [-0.2, -0.15) is 13.2 Å². The number of nitrogens with one attached hydrogen (secondary N) is 2. The van der Waals surface area contributed by atoms with Crippen LogP contribution < -0.4 is 32.7 Å². The highest BCUT2D eigenvalue weighted by Gasteiger charge is 2.32. The number of benzene rings is 2. The van der Waals surface area contributed by atoms with E-state index in [4.69, 9.17) is 28.8 Å². The van der Waals surface area contributed by atoms with Gasteiger partial charge in [-0.25, -0.2) is 14.5 Å². The Morgan fingerprint density at radius 1 is 1.08 bits per heavy atom. The number of nitrogens with two attached hydrogens (primary N) is 3. The van der Waals surface area contributed by atoms with Crippen molar-refractivity contribution in [1.29, 1.82) is 0 Å². The number of halogens is 4. The molecule has 1 fully saturated rings. The average molecular weight is 556 g/mol. The predicted molar refractivity (Wildman–Crippen MR) is 133 cm³/mol. The zero-order chi connectivity index (χ0) is 28.2. The van der Waals surface area contributed by atoms with Gasteiger partial charge in [0.1, 0.15) is 0 Å². The number of alkyl halides is 3. The number of imide groups is 1. The third-order valence-corrected chi connectivity index (χ3v) is 6.03. The summed E-state index contributed by atoms with van der Waals surface area (Å²) in [7, 11) is 0. The van der Waals surface area contributed by atoms with E-state index < -0.39 is 42.2 Å². The lowest BCUT2D eigenvalue weighted by molar-refractivity contribution is -0.137. The molecular weight excluding hydrogens is 531 g/mol. The van der Waals surface area contributed by atoms with Crippen LogP contribution in [0.15, 0.2) is 36.4 Å². The molecule has 0 bridgehead atoms. The molecule has 1 saturated heterocycles. The molecule has 0 saturated carbocycles. The molecule has 2 aromatic carbocycles. The van der Waals surface area contributed by atoms with Crippen molar-refractivity contribution in [3.63, 3.8) is 0 Å². The molecule has 3 rings (SSSR count). The summed E-state index contributed by atoms with van der Waals surface area (Å²) in [6.07, 6.45) is -4.10. The summed E-state index contributed by atoms with van der Waals surface area (Å²) in [4.78, 5) is 50.7. The lowest BCUT2D eigenvalue weighted by Gasteiger charge is -2.23. The van der Waals surface area contributed by atoms with Gasteiger partial charge in [0, 0.05) is 36.4 Å². The van der Waals surface area contributed by atoms with Crippen molar-refractivity contribution in [2.24, 2.45) is 11.5 Å². The Labute approximate surface area is 220 Å². The van der Waals surface area contributed by atoms with Crippen molar-refractivity contribution < 1.29 is 32.3 Å². The van der Waals surface area contributed by atoms with E-state index in [1.165, 1.54) is 6.07 Å². The minimum absolute atomic E-state index is 0.140. The molecule has 6 amide bonds. The molecule has 8 N–H and O–H groups in total. The Morgan fingerprint density at radius 3 is 2.39 bits per heavy atom. The van der Waals surface area contributed by atoms with Crippen LogP contribution in [-0.2, 0) is 17.5 Å². The van der Waals surface area contributed by atoms with E-state index in [9.17, 15) is 32.3 Å². The van der Waals surface area contributed by atoms with Crippen LogP contribution in [0.1, 0.15) is 27.9 Å². The van der Waals surface area contributed by atoms with Gasteiger partial charge in [0.25, 0.3) is 5.91 Å². The van der Waals surface area contributed by atoms with Crippen molar-refractivity contribution in [1.82, 2.24) is 15.5 Å². The molecule has 1 aliphatic heterocycles. The number of likely N-dealkylation sites (tertiary alicyclic amines) is 1. The number of hydrogen-bond acceptors (Lipinski definition) is 6. The minimum atomic E-state index is -4.65. The van der Waals surface area contributed by atoms with Crippen LogP contribution >= 0.6 is 11.6 Å². The van der Waals surface area contributed by atoms with Gasteiger partial charge in [-0.05, 0) is 42.3 Å². The maximum absolute atomic E-state index is 12.9. The number of hydrogen-bond donors (Lipinski definition) is 5. The van der Waals surface area contributed by atoms with Crippen LogP contribution in [-0.4, -0.2) is 54.5 Å². The number of nitrogen functional groups attached to an aromatic ring is 1. The molecule has 204 valence electrons. The first-order valence-electron chi connectivity index (χ1n) is 11.2. The average Bonchev–Trinajstić information content (AvgIpc) is 3.25. The third-order valence-electron chi connectivity index (χ3n) is 5.80. The zero-order valence-electron chi connectivity index (χ0n) is 19.8.